The highest BCUT2D eigenvalue weighted by molar-refractivity contribution is 5.88. The van der Waals surface area contributed by atoms with Gasteiger partial charge >= 0.3 is 12.3 Å². The summed E-state index contributed by atoms with van der Waals surface area (Å²) < 4.78 is 45.2. The maximum atomic E-state index is 13.0. The van der Waals surface area contributed by atoms with Gasteiger partial charge in [0.1, 0.15) is 5.60 Å². The summed E-state index contributed by atoms with van der Waals surface area (Å²) in [5.41, 5.74) is -0.296. The van der Waals surface area contributed by atoms with E-state index in [2.05, 4.69) is 15.3 Å². The zero-order valence-electron chi connectivity index (χ0n) is 20.4. The predicted molar refractivity (Wildman–Crippen MR) is 127 cm³/mol. The van der Waals surface area contributed by atoms with Gasteiger partial charge in [-0.05, 0) is 70.5 Å². The van der Waals surface area contributed by atoms with Crippen molar-refractivity contribution in [3.8, 4) is 11.4 Å². The van der Waals surface area contributed by atoms with Crippen LogP contribution in [0, 0.1) is 6.92 Å². The molecule has 1 amide bonds. The number of alkyl carbamates (subject to hydrolysis) is 1. The van der Waals surface area contributed by atoms with Gasteiger partial charge in [-0.3, -0.25) is 4.79 Å². The van der Waals surface area contributed by atoms with E-state index in [0.717, 1.165) is 18.0 Å². The van der Waals surface area contributed by atoms with E-state index in [1.165, 1.54) is 0 Å². The van der Waals surface area contributed by atoms with E-state index in [1.807, 2.05) is 13.8 Å². The fraction of sp³-hybridized carbons (Fsp3) is 0.440. The van der Waals surface area contributed by atoms with Crippen LogP contribution < -0.4 is 10.9 Å². The number of nitrogens with one attached hydrogen (secondary N) is 1. The first-order valence-electron chi connectivity index (χ1n) is 11.3. The Morgan fingerprint density at radius 2 is 1.80 bits per heavy atom. The minimum Gasteiger partial charge on any atom is -0.444 e. The van der Waals surface area contributed by atoms with Gasteiger partial charge in [-0.1, -0.05) is 6.07 Å². The molecule has 0 spiro atoms. The Bertz CT molecular complexity index is 1260. The Morgan fingerprint density at radius 3 is 2.40 bits per heavy atom. The lowest BCUT2D eigenvalue weighted by Crippen LogP contribution is -2.37. The van der Waals surface area contributed by atoms with Crippen molar-refractivity contribution in [2.24, 2.45) is 0 Å². The molecule has 0 aliphatic rings. The molecule has 0 aliphatic carbocycles. The maximum absolute atomic E-state index is 13.0. The van der Waals surface area contributed by atoms with Crippen LogP contribution in [0.5, 0.6) is 0 Å². The van der Waals surface area contributed by atoms with Crippen LogP contribution in [0.1, 0.15) is 51.7 Å². The van der Waals surface area contributed by atoms with Gasteiger partial charge < -0.3 is 14.6 Å². The zero-order chi connectivity index (χ0) is 26.0. The van der Waals surface area contributed by atoms with Gasteiger partial charge in [0.05, 0.1) is 5.56 Å². The van der Waals surface area contributed by atoms with Crippen LogP contribution in [-0.4, -0.2) is 32.3 Å². The third kappa shape index (κ3) is 6.80. The number of carbonyl (C=O) groups excluding carboxylic acids is 1. The van der Waals surface area contributed by atoms with E-state index in [4.69, 9.17) is 4.74 Å². The van der Waals surface area contributed by atoms with Crippen molar-refractivity contribution in [3.05, 3.63) is 58.3 Å². The number of ether oxygens (including phenoxy) is 1. The minimum absolute atomic E-state index is 0.117. The summed E-state index contributed by atoms with van der Waals surface area (Å²) in [7, 11) is 0. The van der Waals surface area contributed by atoms with Crippen molar-refractivity contribution in [1.29, 1.82) is 0 Å². The van der Waals surface area contributed by atoms with Crippen LogP contribution in [0.3, 0.4) is 0 Å². The summed E-state index contributed by atoms with van der Waals surface area (Å²) in [4.78, 5) is 32.6. The zero-order valence-corrected chi connectivity index (χ0v) is 20.4. The molecule has 0 bridgehead atoms. The molecule has 2 aromatic heterocycles. The average Bonchev–Trinajstić information content (AvgIpc) is 2.75. The first kappa shape index (κ1) is 26.2. The molecule has 0 radical (unpaired) electrons. The highest BCUT2D eigenvalue weighted by atomic mass is 19.4. The van der Waals surface area contributed by atoms with Gasteiger partial charge in [0.2, 0.25) is 0 Å². The van der Waals surface area contributed by atoms with Gasteiger partial charge in [-0.2, -0.15) is 13.2 Å². The fourth-order valence-corrected chi connectivity index (χ4v) is 3.65. The topological polar surface area (TPSA) is 86.1 Å². The van der Waals surface area contributed by atoms with Crippen molar-refractivity contribution in [2.75, 3.05) is 0 Å². The van der Waals surface area contributed by atoms with Crippen molar-refractivity contribution in [2.45, 2.75) is 71.8 Å². The molecule has 0 saturated carbocycles. The average molecular weight is 491 g/mol. The molecule has 10 heteroatoms. The number of benzene rings is 1. The van der Waals surface area contributed by atoms with Gasteiger partial charge in [0.15, 0.2) is 5.82 Å². The number of carbonyl (C=O) groups is 1. The highest BCUT2D eigenvalue weighted by Gasteiger charge is 2.31. The van der Waals surface area contributed by atoms with E-state index < -0.39 is 23.4 Å². The molecule has 1 unspecified atom stereocenters. The minimum atomic E-state index is -4.51. The number of halogens is 3. The molecule has 0 fully saturated rings. The normalized spacial score (nSPS) is 13.0. The number of aryl methyl sites for hydroxylation is 2. The molecule has 0 saturated heterocycles. The van der Waals surface area contributed by atoms with Crippen LogP contribution in [-0.2, 0) is 17.5 Å². The van der Waals surface area contributed by atoms with E-state index >= 15 is 0 Å². The second-order valence-corrected chi connectivity index (χ2v) is 9.55. The maximum Gasteiger partial charge on any atom is 0.419 e. The second kappa shape index (κ2) is 10.1. The molecule has 2 heterocycles. The summed E-state index contributed by atoms with van der Waals surface area (Å²) in [5.74, 6) is 0.148. The van der Waals surface area contributed by atoms with Gasteiger partial charge in [0.25, 0.3) is 5.56 Å². The van der Waals surface area contributed by atoms with Crippen molar-refractivity contribution in [1.82, 2.24) is 19.9 Å². The summed E-state index contributed by atoms with van der Waals surface area (Å²) in [6.07, 6.45) is -0.406. The number of alkyl halides is 3. The molecule has 3 aromatic rings. The highest BCUT2D eigenvalue weighted by Crippen LogP contribution is 2.29. The molecule has 0 aliphatic heterocycles. The number of nitrogens with zero attached hydrogens (tertiary/aromatic N) is 3. The van der Waals surface area contributed by atoms with Crippen molar-refractivity contribution < 1.29 is 22.7 Å². The van der Waals surface area contributed by atoms with Gasteiger partial charge in [-0.15, -0.1) is 0 Å². The summed E-state index contributed by atoms with van der Waals surface area (Å²) in [5, 5.41) is 3.98. The Hall–Kier alpha value is -3.43. The van der Waals surface area contributed by atoms with Gasteiger partial charge in [-0.25, -0.2) is 14.8 Å². The molecule has 188 valence electrons. The predicted octanol–water partition coefficient (Wildman–Crippen LogP) is 5.48. The van der Waals surface area contributed by atoms with E-state index in [-0.39, 0.29) is 17.4 Å². The lowest BCUT2D eigenvalue weighted by molar-refractivity contribution is -0.138. The third-order valence-electron chi connectivity index (χ3n) is 5.32. The van der Waals surface area contributed by atoms with E-state index in [9.17, 15) is 22.8 Å². The molecular weight excluding hydrogens is 461 g/mol. The summed E-state index contributed by atoms with van der Waals surface area (Å²) in [6, 6.07) is 4.87. The molecule has 1 atom stereocenters. The fourth-order valence-electron chi connectivity index (χ4n) is 3.65. The second-order valence-electron chi connectivity index (χ2n) is 9.55. The molecule has 1 aromatic carbocycles. The Kier molecular flexibility index (Phi) is 7.52. The number of hydrogen-bond acceptors (Lipinski definition) is 5. The summed E-state index contributed by atoms with van der Waals surface area (Å²) in [6.45, 7) is 9.60. The Morgan fingerprint density at radius 1 is 1.14 bits per heavy atom. The quantitative estimate of drug-likeness (QED) is 0.495. The monoisotopic (exact) mass is 490 g/mol. The van der Waals surface area contributed by atoms with Crippen molar-refractivity contribution in [3.63, 3.8) is 0 Å². The van der Waals surface area contributed by atoms with Crippen LogP contribution >= 0.6 is 0 Å². The van der Waals surface area contributed by atoms with Crippen LogP contribution in [0.25, 0.3) is 22.2 Å². The van der Waals surface area contributed by atoms with Crippen LogP contribution in [0.15, 0.2) is 41.6 Å². The standard InChI is InChI=1S/C25H29F3N4O3/c1-15-14-32(10-6-7-16(2)31-23(34)35-24(3,4)5)22(33)19-9-8-17(11-20(15)19)21-29-12-18(13-30-21)25(26,27)28/h8-9,11-14,16H,6-7,10H2,1-5H3,(H,31,34). The Balaban J connectivity index is 1.72. The first-order valence-corrected chi connectivity index (χ1v) is 11.3. The smallest absolute Gasteiger partial charge is 0.419 e. The lowest BCUT2D eigenvalue weighted by Gasteiger charge is -2.22. The summed E-state index contributed by atoms with van der Waals surface area (Å²) >= 11 is 0. The number of fused-ring (bicyclic) bond motifs is 1. The van der Waals surface area contributed by atoms with Crippen LogP contribution in [0.4, 0.5) is 18.0 Å². The number of amides is 1. The van der Waals surface area contributed by atoms with E-state index in [0.29, 0.717) is 35.7 Å². The van der Waals surface area contributed by atoms with Crippen molar-refractivity contribution >= 4 is 16.9 Å². The number of hydrogen-bond donors (Lipinski definition) is 1. The van der Waals surface area contributed by atoms with E-state index in [1.54, 1.807) is 49.7 Å². The molecule has 35 heavy (non-hydrogen) atoms. The van der Waals surface area contributed by atoms with Gasteiger partial charge in [0, 0.05) is 42.1 Å². The molecule has 7 nitrogen and oxygen atoms in total. The number of aromatic nitrogens is 3. The number of rotatable bonds is 6. The Labute approximate surface area is 201 Å². The lowest BCUT2D eigenvalue weighted by atomic mass is 10.0. The molecule has 3 rings (SSSR count). The first-order chi connectivity index (χ1) is 16.2. The molecule has 1 N–H and O–H groups in total. The SMILES string of the molecule is Cc1cn(CCCC(C)NC(=O)OC(C)(C)C)c(=O)c2ccc(-c3ncc(C(F)(F)F)cn3)cc12. The van der Waals surface area contributed by atoms with Crippen LogP contribution in [0.2, 0.25) is 0 Å². The molecular formula is C25H29F3N4O3. The third-order valence-corrected chi connectivity index (χ3v) is 5.32. The largest absolute Gasteiger partial charge is 0.444 e. The number of pyridine rings is 1.